The van der Waals surface area contributed by atoms with Gasteiger partial charge in [0.05, 0.1) is 28.4 Å². The molecule has 2 aromatic carbocycles. The van der Waals surface area contributed by atoms with E-state index in [1.165, 1.54) is 0 Å². The molecule has 5 aromatic rings. The van der Waals surface area contributed by atoms with Crippen LogP contribution in [0.1, 0.15) is 43.7 Å². The average molecular weight is 755 g/mol. The molecule has 0 unspecified atom stereocenters. The van der Waals surface area contributed by atoms with E-state index in [0.29, 0.717) is 58.9 Å². The molecule has 13 heteroatoms. The molecule has 2 amide bonds. The van der Waals surface area contributed by atoms with E-state index in [1.54, 1.807) is 30.8 Å². The number of pyridine rings is 2. The van der Waals surface area contributed by atoms with Crippen LogP contribution in [0.25, 0.3) is 39.2 Å². The molecule has 274 valence electrons. The Hall–Kier alpha value is -4.81. The van der Waals surface area contributed by atoms with E-state index < -0.39 is 0 Å². The van der Waals surface area contributed by atoms with Gasteiger partial charge in [-0.05, 0) is 43.0 Å². The Labute approximate surface area is 317 Å². The molecule has 11 nitrogen and oxygen atoms in total. The lowest BCUT2D eigenvalue weighted by atomic mass is 9.97. The van der Waals surface area contributed by atoms with E-state index in [4.69, 9.17) is 32.9 Å². The number of nitrogens with one attached hydrogen (secondary N) is 3. The molecule has 53 heavy (non-hydrogen) atoms. The Balaban J connectivity index is 1.09. The molecule has 0 spiro atoms. The SMILES string of the molecule is COc1nc(-c2cccc(-c3cccc(-c4ccn5c(=O)c(CNC6CCN(C(C)=O)CC6)cnc5c4)c3Cl)c2Cl)ccc1CNC[C@H]1CCC(=O)N1. The molecule has 2 aliphatic rings. The highest BCUT2D eigenvalue weighted by molar-refractivity contribution is 6.39. The second-order valence-electron chi connectivity index (χ2n) is 13.5. The van der Waals surface area contributed by atoms with Crippen molar-refractivity contribution >= 4 is 40.7 Å². The van der Waals surface area contributed by atoms with Crippen molar-refractivity contribution in [2.45, 2.75) is 57.8 Å². The highest BCUT2D eigenvalue weighted by atomic mass is 35.5. The van der Waals surface area contributed by atoms with Gasteiger partial charge in [0.1, 0.15) is 5.65 Å². The number of halogens is 2. The monoisotopic (exact) mass is 753 g/mol. The number of carbonyl (C=O) groups is 2. The summed E-state index contributed by atoms with van der Waals surface area (Å²) in [6.45, 7) is 4.65. The predicted molar refractivity (Wildman–Crippen MR) is 207 cm³/mol. The van der Waals surface area contributed by atoms with Crippen LogP contribution >= 0.6 is 23.2 Å². The average Bonchev–Trinajstić information content (AvgIpc) is 3.59. The Bertz CT molecular complexity index is 2240. The molecule has 2 aliphatic heterocycles. The van der Waals surface area contributed by atoms with Gasteiger partial charge in [0, 0.05) is 98.4 Å². The van der Waals surface area contributed by atoms with Gasteiger partial charge in [0.2, 0.25) is 17.7 Å². The van der Waals surface area contributed by atoms with Crippen LogP contribution in [0.3, 0.4) is 0 Å². The minimum absolute atomic E-state index is 0.0930. The maximum absolute atomic E-state index is 13.4. The first kappa shape index (κ1) is 36.5. The number of ether oxygens (including phenoxy) is 1. The van der Waals surface area contributed by atoms with Crippen LogP contribution in [0.15, 0.2) is 77.9 Å². The molecule has 0 bridgehead atoms. The molecule has 2 saturated heterocycles. The largest absolute Gasteiger partial charge is 0.481 e. The van der Waals surface area contributed by atoms with Gasteiger partial charge in [-0.25, -0.2) is 9.97 Å². The molecular weight excluding hydrogens is 713 g/mol. The van der Waals surface area contributed by atoms with Crippen LogP contribution in [0.2, 0.25) is 10.0 Å². The van der Waals surface area contributed by atoms with E-state index in [1.807, 2.05) is 65.6 Å². The summed E-state index contributed by atoms with van der Waals surface area (Å²) in [4.78, 5) is 47.9. The molecule has 3 N–H and O–H groups in total. The minimum Gasteiger partial charge on any atom is -0.481 e. The maximum atomic E-state index is 13.4. The van der Waals surface area contributed by atoms with E-state index in [0.717, 1.165) is 65.7 Å². The first-order valence-corrected chi connectivity index (χ1v) is 18.6. The van der Waals surface area contributed by atoms with Gasteiger partial charge in [0.25, 0.3) is 5.56 Å². The molecule has 7 rings (SSSR count). The lowest BCUT2D eigenvalue weighted by Gasteiger charge is -2.31. The third-order valence-corrected chi connectivity index (χ3v) is 10.9. The van der Waals surface area contributed by atoms with Crippen LogP contribution in [-0.4, -0.2) is 69.9 Å². The molecule has 5 heterocycles. The Morgan fingerprint density at radius 3 is 2.34 bits per heavy atom. The quantitative estimate of drug-likeness (QED) is 0.153. The van der Waals surface area contributed by atoms with Gasteiger partial charge in [-0.2, -0.15) is 0 Å². The summed E-state index contributed by atoms with van der Waals surface area (Å²) >= 11 is 14.2. The molecule has 0 aliphatic carbocycles. The summed E-state index contributed by atoms with van der Waals surface area (Å²) in [6, 6.07) is 19.5. The summed E-state index contributed by atoms with van der Waals surface area (Å²) in [5.41, 5.74) is 6.33. The number of aromatic nitrogens is 3. The molecule has 1 atom stereocenters. The Kier molecular flexibility index (Phi) is 11.1. The highest BCUT2D eigenvalue weighted by Gasteiger charge is 2.22. The van der Waals surface area contributed by atoms with Crippen molar-refractivity contribution in [1.82, 2.24) is 35.2 Å². The van der Waals surface area contributed by atoms with E-state index in [2.05, 4.69) is 20.9 Å². The van der Waals surface area contributed by atoms with Crippen LogP contribution in [0.5, 0.6) is 5.88 Å². The third kappa shape index (κ3) is 7.94. The fraction of sp³-hybridized carbons (Fsp3) is 0.325. The Morgan fingerprint density at radius 1 is 0.925 bits per heavy atom. The number of fused-ring (bicyclic) bond motifs is 1. The van der Waals surface area contributed by atoms with Gasteiger partial charge >= 0.3 is 0 Å². The number of piperidine rings is 1. The summed E-state index contributed by atoms with van der Waals surface area (Å²) in [5.74, 6) is 0.683. The van der Waals surface area contributed by atoms with Crippen molar-refractivity contribution in [3.8, 4) is 39.4 Å². The number of likely N-dealkylation sites (tertiary alicyclic amines) is 1. The minimum atomic E-state index is -0.132. The number of hydrogen-bond acceptors (Lipinski definition) is 8. The topological polar surface area (TPSA) is 130 Å². The second-order valence-corrected chi connectivity index (χ2v) is 14.3. The molecule has 0 saturated carbocycles. The first-order chi connectivity index (χ1) is 25.7. The van der Waals surface area contributed by atoms with Crippen molar-refractivity contribution in [2.75, 3.05) is 26.7 Å². The summed E-state index contributed by atoms with van der Waals surface area (Å²) in [6.07, 6.45) is 6.45. The van der Waals surface area contributed by atoms with Crippen molar-refractivity contribution in [2.24, 2.45) is 0 Å². The van der Waals surface area contributed by atoms with E-state index in [-0.39, 0.29) is 29.5 Å². The zero-order valence-corrected chi connectivity index (χ0v) is 31.1. The molecule has 2 fully saturated rings. The predicted octanol–water partition coefficient (Wildman–Crippen LogP) is 5.87. The smallest absolute Gasteiger partial charge is 0.262 e. The van der Waals surface area contributed by atoms with Crippen molar-refractivity contribution < 1.29 is 14.3 Å². The van der Waals surface area contributed by atoms with Crippen molar-refractivity contribution in [1.29, 1.82) is 0 Å². The first-order valence-electron chi connectivity index (χ1n) is 17.8. The number of benzene rings is 2. The lowest BCUT2D eigenvalue weighted by Crippen LogP contribution is -2.44. The second kappa shape index (κ2) is 16.1. The van der Waals surface area contributed by atoms with Gasteiger partial charge in [-0.15, -0.1) is 0 Å². The fourth-order valence-corrected chi connectivity index (χ4v) is 7.76. The van der Waals surface area contributed by atoms with Crippen LogP contribution in [0, 0.1) is 0 Å². The van der Waals surface area contributed by atoms with Gasteiger partial charge < -0.3 is 25.6 Å². The number of amides is 2. The van der Waals surface area contributed by atoms with Crippen molar-refractivity contribution in [3.63, 3.8) is 0 Å². The zero-order valence-electron chi connectivity index (χ0n) is 29.6. The number of rotatable bonds is 11. The normalized spacial score (nSPS) is 16.3. The maximum Gasteiger partial charge on any atom is 0.262 e. The zero-order chi connectivity index (χ0) is 37.1. The number of hydrogen-bond donors (Lipinski definition) is 3. The number of carbonyl (C=O) groups excluding carboxylic acids is 2. The summed E-state index contributed by atoms with van der Waals surface area (Å²) in [7, 11) is 1.59. The molecule has 0 radical (unpaired) electrons. The van der Waals surface area contributed by atoms with Gasteiger partial charge in [0.15, 0.2) is 0 Å². The van der Waals surface area contributed by atoms with Crippen LogP contribution in [0.4, 0.5) is 0 Å². The Morgan fingerprint density at radius 2 is 1.64 bits per heavy atom. The third-order valence-electron chi connectivity index (χ3n) is 10.1. The fourth-order valence-electron chi connectivity index (χ4n) is 7.10. The van der Waals surface area contributed by atoms with Gasteiger partial charge in [-0.1, -0.05) is 65.7 Å². The van der Waals surface area contributed by atoms with Crippen LogP contribution in [-0.2, 0) is 22.7 Å². The number of nitrogens with zero attached hydrogens (tertiary/aromatic N) is 4. The van der Waals surface area contributed by atoms with Crippen LogP contribution < -0.4 is 26.2 Å². The molecular formula is C40H41Cl2N7O4. The van der Waals surface area contributed by atoms with E-state index >= 15 is 0 Å². The highest BCUT2D eigenvalue weighted by Crippen LogP contribution is 2.42. The van der Waals surface area contributed by atoms with Crippen molar-refractivity contribution in [3.05, 3.63) is 105 Å². The number of methoxy groups -OCH3 is 1. The standard InChI is InChI=1S/C40H41Cl2N7O4/c1-24(50)48-16-14-28(15-17-48)44-21-27-22-45-35-19-25(13-18-49(35)40(27)52)30-5-3-6-31(37(30)41)32-7-4-8-33(38(32)42)34-11-9-26(39(47-34)53-2)20-43-23-29-10-12-36(51)46-29/h3-9,11,13,18-19,22,28-29,43-44H,10,12,14-17,20-21,23H2,1-2H3,(H,46,51)/t29-/m1/s1. The summed E-state index contributed by atoms with van der Waals surface area (Å²) < 4.78 is 7.20. The molecule has 3 aromatic heterocycles. The lowest BCUT2D eigenvalue weighted by molar-refractivity contribution is -0.130. The van der Waals surface area contributed by atoms with Gasteiger partial charge in [-0.3, -0.25) is 18.8 Å². The van der Waals surface area contributed by atoms with E-state index in [9.17, 15) is 14.4 Å². The summed E-state index contributed by atoms with van der Waals surface area (Å²) in [5, 5.41) is 10.8.